The highest BCUT2D eigenvalue weighted by atomic mass is 16.3. The number of aliphatic hydroxyl groups excluding tert-OH is 1. The van der Waals surface area contributed by atoms with Gasteiger partial charge >= 0.3 is 0 Å². The fraction of sp³-hybridized carbons (Fsp3) is 0.684. The van der Waals surface area contributed by atoms with Crippen molar-refractivity contribution in [2.45, 2.75) is 70.8 Å². The summed E-state index contributed by atoms with van der Waals surface area (Å²) in [5, 5.41) is 11.2. The summed E-state index contributed by atoms with van der Waals surface area (Å²) >= 11 is 0. The minimum Gasteiger partial charge on any atom is -0.392 e. The quantitative estimate of drug-likeness (QED) is 0.807. The third kappa shape index (κ3) is 2.93. The van der Waals surface area contributed by atoms with E-state index < -0.39 is 0 Å². The molecule has 0 saturated heterocycles. The fourth-order valence-corrected chi connectivity index (χ4v) is 4.24. The largest absolute Gasteiger partial charge is 0.392 e. The lowest BCUT2D eigenvalue weighted by atomic mass is 9.64. The van der Waals surface area contributed by atoms with E-state index in [1.807, 2.05) is 0 Å². The van der Waals surface area contributed by atoms with Crippen LogP contribution in [0.15, 0.2) is 30.3 Å². The van der Waals surface area contributed by atoms with Gasteiger partial charge in [0.05, 0.1) is 6.10 Å². The topological polar surface area (TPSA) is 20.2 Å². The van der Waals surface area contributed by atoms with Crippen LogP contribution in [0.1, 0.15) is 64.9 Å². The molecule has 0 spiro atoms. The Morgan fingerprint density at radius 3 is 2.35 bits per heavy atom. The Kier molecular flexibility index (Phi) is 5.26. The molecule has 0 heterocycles. The molecule has 112 valence electrons. The second kappa shape index (κ2) is 6.76. The van der Waals surface area contributed by atoms with Crippen molar-refractivity contribution >= 4 is 0 Å². The molecule has 1 nitrogen and oxygen atoms in total. The number of hydrogen-bond donors (Lipinski definition) is 1. The zero-order valence-corrected chi connectivity index (χ0v) is 13.3. The first kappa shape index (κ1) is 15.6. The van der Waals surface area contributed by atoms with Gasteiger partial charge in [0.1, 0.15) is 0 Å². The first-order valence-corrected chi connectivity index (χ1v) is 8.37. The molecule has 1 fully saturated rings. The summed E-state index contributed by atoms with van der Waals surface area (Å²) in [5.74, 6) is 1.24. The van der Waals surface area contributed by atoms with Gasteiger partial charge < -0.3 is 5.11 Å². The van der Waals surface area contributed by atoms with Gasteiger partial charge in [0.25, 0.3) is 0 Å². The van der Waals surface area contributed by atoms with E-state index in [0.717, 1.165) is 18.8 Å². The van der Waals surface area contributed by atoms with E-state index in [1.54, 1.807) is 0 Å². The van der Waals surface area contributed by atoms with Crippen LogP contribution in [0.2, 0.25) is 0 Å². The molecule has 1 aliphatic carbocycles. The van der Waals surface area contributed by atoms with Gasteiger partial charge in [-0.25, -0.2) is 0 Å². The molecule has 20 heavy (non-hydrogen) atoms. The van der Waals surface area contributed by atoms with Crippen LogP contribution in [0.4, 0.5) is 0 Å². The van der Waals surface area contributed by atoms with E-state index in [4.69, 9.17) is 0 Å². The molecule has 0 bridgehead atoms. The molecule has 1 aliphatic rings. The average molecular weight is 274 g/mol. The number of aliphatic hydroxyl groups is 1. The lowest BCUT2D eigenvalue weighted by Gasteiger charge is -2.43. The molecule has 1 aromatic rings. The Morgan fingerprint density at radius 2 is 1.80 bits per heavy atom. The van der Waals surface area contributed by atoms with E-state index in [0.29, 0.717) is 5.92 Å². The van der Waals surface area contributed by atoms with Gasteiger partial charge in [-0.2, -0.15) is 0 Å². The van der Waals surface area contributed by atoms with Crippen LogP contribution >= 0.6 is 0 Å². The third-order valence-electron chi connectivity index (χ3n) is 5.60. The minimum absolute atomic E-state index is 0.0665. The monoisotopic (exact) mass is 274 g/mol. The highest BCUT2D eigenvalue weighted by Crippen LogP contribution is 2.43. The lowest BCUT2D eigenvalue weighted by Crippen LogP contribution is -2.44. The van der Waals surface area contributed by atoms with Gasteiger partial charge in [0.15, 0.2) is 0 Å². The first-order valence-electron chi connectivity index (χ1n) is 8.37. The molecule has 0 amide bonds. The molecular weight excluding hydrogens is 244 g/mol. The van der Waals surface area contributed by atoms with E-state index in [9.17, 15) is 5.11 Å². The fourth-order valence-electron chi connectivity index (χ4n) is 4.24. The Balaban J connectivity index is 2.27. The van der Waals surface area contributed by atoms with E-state index in [1.165, 1.54) is 31.2 Å². The summed E-state index contributed by atoms with van der Waals surface area (Å²) in [4.78, 5) is 0. The Bertz CT molecular complexity index is 393. The smallest absolute Gasteiger partial charge is 0.0664 e. The number of rotatable bonds is 5. The van der Waals surface area contributed by atoms with Gasteiger partial charge in [-0.1, -0.05) is 63.9 Å². The minimum atomic E-state index is -0.206. The molecule has 3 atom stereocenters. The van der Waals surface area contributed by atoms with E-state index in [2.05, 4.69) is 51.1 Å². The van der Waals surface area contributed by atoms with Crippen molar-refractivity contribution in [1.29, 1.82) is 0 Å². The summed E-state index contributed by atoms with van der Waals surface area (Å²) in [5.41, 5.74) is 1.25. The number of hydrogen-bond acceptors (Lipinski definition) is 1. The maximum absolute atomic E-state index is 11.2. The summed E-state index contributed by atoms with van der Waals surface area (Å²) in [6, 6.07) is 10.7. The van der Waals surface area contributed by atoms with Crippen LogP contribution < -0.4 is 0 Å². The van der Waals surface area contributed by atoms with Crippen LogP contribution in [0.25, 0.3) is 0 Å². The Morgan fingerprint density at radius 1 is 1.15 bits per heavy atom. The van der Waals surface area contributed by atoms with Crippen molar-refractivity contribution in [2.24, 2.45) is 11.8 Å². The lowest BCUT2D eigenvalue weighted by molar-refractivity contribution is -0.0000410. The van der Waals surface area contributed by atoms with Crippen LogP contribution in [0.3, 0.4) is 0 Å². The highest BCUT2D eigenvalue weighted by molar-refractivity contribution is 5.27. The molecule has 1 aromatic carbocycles. The van der Waals surface area contributed by atoms with Gasteiger partial charge in [0.2, 0.25) is 0 Å². The molecule has 1 saturated carbocycles. The normalized spacial score (nSPS) is 25.4. The van der Waals surface area contributed by atoms with Crippen LogP contribution in [-0.4, -0.2) is 11.2 Å². The zero-order valence-electron chi connectivity index (χ0n) is 13.3. The summed E-state index contributed by atoms with van der Waals surface area (Å²) in [6.07, 6.45) is 6.82. The van der Waals surface area contributed by atoms with Crippen molar-refractivity contribution < 1.29 is 5.11 Å². The standard InChI is InChI=1S/C19H30O/c1-4-19(5-2,17-12-7-6-8-13-17)18(20)16-11-9-10-15(3)14-16/h6-8,12-13,15-16,18,20H,4-5,9-11,14H2,1-3H3. The molecule has 3 unspecified atom stereocenters. The summed E-state index contributed by atoms with van der Waals surface area (Å²) in [6.45, 7) is 6.79. The molecule has 1 heteroatoms. The molecule has 1 N–H and O–H groups in total. The zero-order chi connectivity index (χ0) is 14.6. The second-order valence-corrected chi connectivity index (χ2v) is 6.71. The van der Waals surface area contributed by atoms with Gasteiger partial charge in [-0.3, -0.25) is 0 Å². The third-order valence-corrected chi connectivity index (χ3v) is 5.60. The molecule has 0 radical (unpaired) electrons. The predicted molar refractivity (Wildman–Crippen MR) is 85.8 cm³/mol. The Labute approximate surface area is 124 Å². The van der Waals surface area contributed by atoms with Gasteiger partial charge in [0, 0.05) is 5.41 Å². The second-order valence-electron chi connectivity index (χ2n) is 6.71. The summed E-state index contributed by atoms with van der Waals surface area (Å²) < 4.78 is 0. The van der Waals surface area contributed by atoms with Crippen LogP contribution in [0, 0.1) is 11.8 Å². The van der Waals surface area contributed by atoms with Crippen molar-refractivity contribution in [3.8, 4) is 0 Å². The highest BCUT2D eigenvalue weighted by Gasteiger charge is 2.41. The molecular formula is C19H30O. The van der Waals surface area contributed by atoms with Gasteiger partial charge in [-0.05, 0) is 43.1 Å². The van der Waals surface area contributed by atoms with Gasteiger partial charge in [-0.15, -0.1) is 0 Å². The van der Waals surface area contributed by atoms with Crippen LogP contribution in [0.5, 0.6) is 0 Å². The van der Waals surface area contributed by atoms with Crippen molar-refractivity contribution in [2.75, 3.05) is 0 Å². The molecule has 0 aromatic heterocycles. The van der Waals surface area contributed by atoms with Crippen molar-refractivity contribution in [3.05, 3.63) is 35.9 Å². The van der Waals surface area contributed by atoms with Crippen molar-refractivity contribution in [1.82, 2.24) is 0 Å². The molecule has 0 aliphatic heterocycles. The van der Waals surface area contributed by atoms with Crippen molar-refractivity contribution in [3.63, 3.8) is 0 Å². The molecule has 2 rings (SSSR count). The van der Waals surface area contributed by atoms with Crippen LogP contribution in [-0.2, 0) is 5.41 Å². The average Bonchev–Trinajstić information content (AvgIpc) is 2.50. The van der Waals surface area contributed by atoms with E-state index >= 15 is 0 Å². The first-order chi connectivity index (χ1) is 9.64. The van der Waals surface area contributed by atoms with E-state index in [-0.39, 0.29) is 11.5 Å². The predicted octanol–water partition coefficient (Wildman–Crippen LogP) is 4.93. The maximum atomic E-state index is 11.2. The maximum Gasteiger partial charge on any atom is 0.0664 e. The number of benzene rings is 1. The SMILES string of the molecule is CCC(CC)(c1ccccc1)C(O)C1CCCC(C)C1. The summed E-state index contributed by atoms with van der Waals surface area (Å²) in [7, 11) is 0. The Hall–Kier alpha value is -0.820.